The summed E-state index contributed by atoms with van der Waals surface area (Å²) in [4.78, 5) is 49.6. The Balaban J connectivity index is 0.000000301. The predicted octanol–water partition coefficient (Wildman–Crippen LogP) is 4.61. The van der Waals surface area contributed by atoms with Crippen LogP contribution in [0.4, 0.5) is 53.9 Å². The molecular weight excluding hydrogens is 703 g/mol. The number of carbonyl (C=O) groups is 4. The molecule has 0 spiro atoms. The summed E-state index contributed by atoms with van der Waals surface area (Å²) >= 11 is 0. The Morgan fingerprint density at radius 3 is 1.52 bits per heavy atom. The van der Waals surface area contributed by atoms with Gasteiger partial charge in [0.15, 0.2) is 0 Å². The first-order valence-electron chi connectivity index (χ1n) is 14.7. The lowest BCUT2D eigenvalue weighted by molar-refractivity contribution is -0.192. The standard InChI is InChI=1S/C15H21F3N4O3.C10H13F3N4O.C2HF3O2/c1-14(2,3)25-13(24)21-6-4-5-20(7-8-21)12(23)22-10-11(9-19-22)15(16,17)18;11-10(12,13)8-6-15-17(7-8)9(18)16-4-1-2-14-3-5-16;3-2(4,5)1(6)7/h9-10H,4-8H2,1-3H3;6-7,14H,1-5H2;(H,6,7). The van der Waals surface area contributed by atoms with Crippen molar-refractivity contribution in [3.8, 4) is 0 Å². The Kier molecular flexibility index (Phi) is 14.1. The topological polar surface area (TPSA) is 155 Å². The van der Waals surface area contributed by atoms with E-state index in [4.69, 9.17) is 14.6 Å². The van der Waals surface area contributed by atoms with Crippen molar-refractivity contribution < 1.29 is 68.5 Å². The molecule has 23 heteroatoms. The van der Waals surface area contributed by atoms with Crippen molar-refractivity contribution in [2.45, 2.75) is 57.7 Å². The highest BCUT2D eigenvalue weighted by molar-refractivity contribution is 5.77. The first-order valence-corrected chi connectivity index (χ1v) is 14.7. The van der Waals surface area contributed by atoms with Gasteiger partial charge in [0.1, 0.15) is 5.60 Å². The lowest BCUT2D eigenvalue weighted by atomic mass is 10.2. The summed E-state index contributed by atoms with van der Waals surface area (Å²) in [6.45, 7) is 8.87. The molecular formula is C27H35F9N8O6. The lowest BCUT2D eigenvalue weighted by Crippen LogP contribution is -2.41. The van der Waals surface area contributed by atoms with Crippen LogP contribution in [0.25, 0.3) is 0 Å². The number of aromatic nitrogens is 4. The van der Waals surface area contributed by atoms with Gasteiger partial charge in [0.2, 0.25) is 0 Å². The minimum atomic E-state index is -5.08. The molecule has 4 rings (SSSR count). The van der Waals surface area contributed by atoms with E-state index >= 15 is 0 Å². The Morgan fingerprint density at radius 2 is 1.10 bits per heavy atom. The lowest BCUT2D eigenvalue weighted by Gasteiger charge is -2.26. The number of ether oxygens (including phenoxy) is 1. The Morgan fingerprint density at radius 1 is 0.680 bits per heavy atom. The van der Waals surface area contributed by atoms with E-state index in [9.17, 15) is 53.9 Å². The third kappa shape index (κ3) is 13.4. The van der Waals surface area contributed by atoms with Crippen LogP contribution < -0.4 is 5.32 Å². The molecule has 2 aromatic heterocycles. The van der Waals surface area contributed by atoms with E-state index in [1.165, 1.54) is 14.7 Å². The van der Waals surface area contributed by atoms with E-state index in [-0.39, 0.29) is 13.1 Å². The van der Waals surface area contributed by atoms with Crippen LogP contribution in [0.3, 0.4) is 0 Å². The third-order valence-corrected chi connectivity index (χ3v) is 6.48. The fourth-order valence-electron chi connectivity index (χ4n) is 4.09. The number of amides is 3. The van der Waals surface area contributed by atoms with E-state index in [1.54, 1.807) is 20.8 Å². The highest BCUT2D eigenvalue weighted by atomic mass is 19.4. The van der Waals surface area contributed by atoms with Crippen molar-refractivity contribution in [3.05, 3.63) is 35.9 Å². The fourth-order valence-corrected chi connectivity index (χ4v) is 4.09. The molecule has 2 aliphatic heterocycles. The molecule has 14 nitrogen and oxygen atoms in total. The predicted molar refractivity (Wildman–Crippen MR) is 153 cm³/mol. The van der Waals surface area contributed by atoms with Gasteiger partial charge in [0.25, 0.3) is 0 Å². The number of carbonyl (C=O) groups excluding carboxylic acids is 3. The molecule has 0 bridgehead atoms. The van der Waals surface area contributed by atoms with E-state index in [0.29, 0.717) is 62.4 Å². The van der Waals surface area contributed by atoms with E-state index in [1.807, 2.05) is 0 Å². The molecule has 0 saturated carbocycles. The molecule has 0 aromatic carbocycles. The van der Waals surface area contributed by atoms with Gasteiger partial charge < -0.3 is 29.9 Å². The number of halogens is 9. The summed E-state index contributed by atoms with van der Waals surface area (Å²) in [5.41, 5.74) is -2.52. The van der Waals surface area contributed by atoms with Crippen LogP contribution in [0.5, 0.6) is 0 Å². The molecule has 0 radical (unpaired) electrons. The summed E-state index contributed by atoms with van der Waals surface area (Å²) in [7, 11) is 0. The normalized spacial score (nSPS) is 16.2. The average molecular weight is 739 g/mol. The first-order chi connectivity index (χ1) is 22.9. The summed E-state index contributed by atoms with van der Waals surface area (Å²) in [5, 5.41) is 17.2. The zero-order chi connectivity index (χ0) is 38.1. The van der Waals surface area contributed by atoms with E-state index in [2.05, 4.69) is 15.5 Å². The Hall–Kier alpha value is -4.57. The smallest absolute Gasteiger partial charge is 0.475 e. The molecule has 2 fully saturated rings. The third-order valence-electron chi connectivity index (χ3n) is 6.48. The molecule has 50 heavy (non-hydrogen) atoms. The first kappa shape index (κ1) is 41.6. The molecule has 2 aliphatic rings. The van der Waals surface area contributed by atoms with Gasteiger partial charge in [-0.1, -0.05) is 0 Å². The maximum absolute atomic E-state index is 12.6. The number of rotatable bonds is 0. The zero-order valence-corrected chi connectivity index (χ0v) is 26.9. The largest absolute Gasteiger partial charge is 0.490 e. The maximum Gasteiger partial charge on any atom is 0.490 e. The fraction of sp³-hybridized carbons (Fsp3) is 0.630. The van der Waals surface area contributed by atoms with Crippen LogP contribution >= 0.6 is 0 Å². The Bertz CT molecular complexity index is 1440. The number of hydrogen-bond acceptors (Lipinski definition) is 8. The van der Waals surface area contributed by atoms with Gasteiger partial charge in [-0.2, -0.15) is 59.1 Å². The second kappa shape index (κ2) is 16.9. The summed E-state index contributed by atoms with van der Waals surface area (Å²) in [6, 6.07) is -1.17. The van der Waals surface area contributed by atoms with E-state index in [0.717, 1.165) is 23.8 Å². The highest BCUT2D eigenvalue weighted by Crippen LogP contribution is 2.29. The van der Waals surface area contributed by atoms with Crippen LogP contribution in [0.1, 0.15) is 44.7 Å². The van der Waals surface area contributed by atoms with Crippen molar-refractivity contribution in [2.24, 2.45) is 0 Å². The van der Waals surface area contributed by atoms with Crippen LogP contribution in [0.15, 0.2) is 24.8 Å². The van der Waals surface area contributed by atoms with Crippen molar-refractivity contribution in [1.29, 1.82) is 0 Å². The summed E-state index contributed by atoms with van der Waals surface area (Å²) in [6.07, 6.45) is -10.6. The molecule has 0 atom stereocenters. The van der Waals surface area contributed by atoms with Gasteiger partial charge in [-0.15, -0.1) is 0 Å². The van der Waals surface area contributed by atoms with Gasteiger partial charge in [-0.05, 0) is 40.2 Å². The second-order valence-electron chi connectivity index (χ2n) is 11.6. The minimum absolute atomic E-state index is 0.194. The molecule has 2 aromatic rings. The molecule has 4 heterocycles. The van der Waals surface area contributed by atoms with Crippen molar-refractivity contribution >= 4 is 24.1 Å². The summed E-state index contributed by atoms with van der Waals surface area (Å²) in [5.74, 6) is -2.76. The monoisotopic (exact) mass is 738 g/mol. The number of carboxylic acid groups (broad SMARTS) is 1. The van der Waals surface area contributed by atoms with Crippen LogP contribution in [0.2, 0.25) is 0 Å². The van der Waals surface area contributed by atoms with Gasteiger partial charge >= 0.3 is 42.7 Å². The van der Waals surface area contributed by atoms with Crippen molar-refractivity contribution in [1.82, 2.24) is 39.6 Å². The number of aliphatic carboxylic acids is 1. The number of alkyl halides is 9. The molecule has 2 N–H and O–H groups in total. The molecule has 282 valence electrons. The zero-order valence-electron chi connectivity index (χ0n) is 26.9. The number of carboxylic acids is 1. The van der Waals surface area contributed by atoms with Crippen molar-refractivity contribution in [2.75, 3.05) is 52.4 Å². The second-order valence-corrected chi connectivity index (χ2v) is 11.6. The van der Waals surface area contributed by atoms with E-state index < -0.39 is 59.4 Å². The van der Waals surface area contributed by atoms with Crippen LogP contribution in [-0.2, 0) is 21.9 Å². The van der Waals surface area contributed by atoms with Crippen LogP contribution in [-0.4, -0.2) is 128 Å². The maximum atomic E-state index is 12.6. The molecule has 0 aliphatic carbocycles. The van der Waals surface area contributed by atoms with Crippen molar-refractivity contribution in [3.63, 3.8) is 0 Å². The number of nitrogens with zero attached hydrogens (tertiary/aromatic N) is 7. The molecule has 0 unspecified atom stereocenters. The SMILES string of the molecule is CC(C)(C)OC(=O)N1CCCN(C(=O)n2cc(C(F)(F)F)cn2)CC1.O=C(N1CCCNCC1)n1cc(C(F)(F)F)cn1.O=C(O)C(F)(F)F. The van der Waals surface area contributed by atoms with Gasteiger partial charge in [-0.25, -0.2) is 19.2 Å². The number of nitrogens with one attached hydrogen (secondary N) is 1. The van der Waals surface area contributed by atoms with Gasteiger partial charge in [-0.3, -0.25) is 0 Å². The van der Waals surface area contributed by atoms with Gasteiger partial charge in [0, 0.05) is 58.2 Å². The minimum Gasteiger partial charge on any atom is -0.475 e. The number of hydrogen-bond donors (Lipinski definition) is 2. The quantitative estimate of drug-likeness (QED) is 0.369. The molecule has 3 amide bonds. The van der Waals surface area contributed by atoms with Crippen LogP contribution in [0, 0.1) is 0 Å². The summed E-state index contributed by atoms with van der Waals surface area (Å²) < 4.78 is 113. The Labute approximate surface area is 278 Å². The average Bonchev–Trinajstić information content (AvgIpc) is 3.53. The van der Waals surface area contributed by atoms with Gasteiger partial charge in [0.05, 0.1) is 23.5 Å². The highest BCUT2D eigenvalue weighted by Gasteiger charge is 2.38. The molecule has 2 saturated heterocycles.